The number of carbonyl (C=O) groups is 1. The Morgan fingerprint density at radius 1 is 1.12 bits per heavy atom. The summed E-state index contributed by atoms with van der Waals surface area (Å²) in [6.45, 7) is 0.965. The minimum atomic E-state index is -0.312. The normalized spacial score (nSPS) is 10.4. The van der Waals surface area contributed by atoms with E-state index in [1.54, 1.807) is 35.3 Å². The number of carbonyl (C=O) groups excluding carboxylic acids is 1. The van der Waals surface area contributed by atoms with Gasteiger partial charge in [-0.15, -0.1) is 0 Å². The van der Waals surface area contributed by atoms with Crippen LogP contribution in [0.15, 0.2) is 60.9 Å². The minimum Gasteiger partial charge on any atom is -0.334 e. The number of benzene rings is 1. The van der Waals surface area contributed by atoms with Crippen LogP contribution in [0.1, 0.15) is 11.3 Å². The fourth-order valence-corrected chi connectivity index (χ4v) is 2.25. The zero-order valence-electron chi connectivity index (χ0n) is 12.8. The average Bonchev–Trinajstić information content (AvgIpc) is 3.02. The second-order valence-corrected chi connectivity index (χ2v) is 5.59. The van der Waals surface area contributed by atoms with E-state index in [0.29, 0.717) is 23.9 Å². The third kappa shape index (κ3) is 4.57. The van der Waals surface area contributed by atoms with E-state index in [-0.39, 0.29) is 6.03 Å². The highest BCUT2D eigenvalue weighted by Gasteiger charge is 2.05. The number of aromatic nitrogens is 3. The second kappa shape index (κ2) is 7.61. The van der Waals surface area contributed by atoms with Crippen molar-refractivity contribution in [3.8, 4) is 0 Å². The van der Waals surface area contributed by atoms with Gasteiger partial charge in [0.05, 0.1) is 12.2 Å². The highest BCUT2D eigenvalue weighted by Crippen LogP contribution is 2.09. The van der Waals surface area contributed by atoms with E-state index in [2.05, 4.69) is 20.7 Å². The molecule has 0 aliphatic heterocycles. The van der Waals surface area contributed by atoms with Crippen molar-refractivity contribution in [1.29, 1.82) is 0 Å². The average molecular weight is 342 g/mol. The van der Waals surface area contributed by atoms with Crippen molar-refractivity contribution in [2.45, 2.75) is 13.1 Å². The largest absolute Gasteiger partial charge is 0.334 e. The maximum atomic E-state index is 11.9. The molecule has 2 aromatic heterocycles. The summed E-state index contributed by atoms with van der Waals surface area (Å²) >= 11 is 5.83. The van der Waals surface area contributed by atoms with Crippen molar-refractivity contribution in [2.24, 2.45) is 0 Å². The number of nitrogens with zero attached hydrogens (tertiary/aromatic N) is 3. The van der Waals surface area contributed by atoms with Gasteiger partial charge >= 0.3 is 6.03 Å². The molecule has 0 atom stereocenters. The Labute approximate surface area is 144 Å². The lowest BCUT2D eigenvalue weighted by molar-refractivity contribution is 0.251. The summed E-state index contributed by atoms with van der Waals surface area (Å²) in [6.07, 6.45) is 3.53. The molecule has 0 aliphatic rings. The monoisotopic (exact) mass is 341 g/mol. The van der Waals surface area contributed by atoms with Crippen LogP contribution in [0.3, 0.4) is 0 Å². The number of rotatable bonds is 5. The van der Waals surface area contributed by atoms with Crippen LogP contribution < -0.4 is 10.6 Å². The molecule has 0 bridgehead atoms. The predicted molar refractivity (Wildman–Crippen MR) is 92.9 cm³/mol. The first-order valence-electron chi connectivity index (χ1n) is 7.42. The molecule has 0 saturated heterocycles. The van der Waals surface area contributed by atoms with E-state index in [9.17, 15) is 4.79 Å². The standard InChI is InChI=1S/C17H16ClN5O/c18-14-6-4-13(5-7-14)11-20-17(24)21-16-8-10-23(22-16)12-15-3-1-2-9-19-15/h1-10H,11-12H2,(H2,20,21,22,24). The van der Waals surface area contributed by atoms with Gasteiger partial charge in [-0.2, -0.15) is 5.10 Å². The van der Waals surface area contributed by atoms with E-state index in [1.807, 2.05) is 30.3 Å². The quantitative estimate of drug-likeness (QED) is 0.748. The summed E-state index contributed by atoms with van der Waals surface area (Å²) in [4.78, 5) is 16.2. The number of nitrogens with one attached hydrogen (secondary N) is 2. The lowest BCUT2D eigenvalue weighted by Crippen LogP contribution is -2.28. The molecular weight excluding hydrogens is 326 g/mol. The smallest absolute Gasteiger partial charge is 0.320 e. The summed E-state index contributed by atoms with van der Waals surface area (Å²) < 4.78 is 1.72. The molecule has 0 saturated carbocycles. The van der Waals surface area contributed by atoms with Crippen LogP contribution in [0.4, 0.5) is 10.6 Å². The Balaban J connectivity index is 1.50. The van der Waals surface area contributed by atoms with Gasteiger partial charge in [0, 0.05) is 30.0 Å². The van der Waals surface area contributed by atoms with Crippen LogP contribution in [0.25, 0.3) is 0 Å². The Kier molecular flexibility index (Phi) is 5.08. The van der Waals surface area contributed by atoms with E-state index in [1.165, 1.54) is 0 Å². The Morgan fingerprint density at radius 2 is 1.96 bits per heavy atom. The Morgan fingerprint density at radius 3 is 2.71 bits per heavy atom. The van der Waals surface area contributed by atoms with E-state index >= 15 is 0 Å². The zero-order valence-corrected chi connectivity index (χ0v) is 13.6. The maximum Gasteiger partial charge on any atom is 0.320 e. The summed E-state index contributed by atoms with van der Waals surface area (Å²) in [6, 6.07) is 14.5. The van der Waals surface area contributed by atoms with Gasteiger partial charge in [-0.1, -0.05) is 29.8 Å². The van der Waals surface area contributed by atoms with Gasteiger partial charge < -0.3 is 5.32 Å². The molecule has 24 heavy (non-hydrogen) atoms. The number of pyridine rings is 1. The third-order valence-electron chi connectivity index (χ3n) is 3.30. The Hall–Kier alpha value is -2.86. The van der Waals surface area contributed by atoms with Crippen molar-refractivity contribution in [3.05, 3.63) is 77.2 Å². The van der Waals surface area contributed by atoms with Crippen LogP contribution in [0, 0.1) is 0 Å². The van der Waals surface area contributed by atoms with Crippen LogP contribution in [-0.4, -0.2) is 20.8 Å². The molecule has 0 radical (unpaired) electrons. The number of halogens is 1. The van der Waals surface area contributed by atoms with Gasteiger partial charge in [-0.05, 0) is 29.8 Å². The number of anilines is 1. The molecular formula is C17H16ClN5O. The molecule has 0 spiro atoms. The molecule has 0 aliphatic carbocycles. The lowest BCUT2D eigenvalue weighted by Gasteiger charge is -2.06. The minimum absolute atomic E-state index is 0.312. The van der Waals surface area contributed by atoms with Crippen LogP contribution in [-0.2, 0) is 13.1 Å². The molecule has 3 aromatic rings. The zero-order chi connectivity index (χ0) is 16.8. The van der Waals surface area contributed by atoms with Gasteiger partial charge in [0.15, 0.2) is 5.82 Å². The van der Waals surface area contributed by atoms with Gasteiger partial charge in [-0.3, -0.25) is 15.0 Å². The topological polar surface area (TPSA) is 71.8 Å². The number of hydrogen-bond acceptors (Lipinski definition) is 3. The number of amides is 2. The van der Waals surface area contributed by atoms with Gasteiger partial charge in [0.1, 0.15) is 0 Å². The van der Waals surface area contributed by atoms with Crippen LogP contribution in [0.2, 0.25) is 5.02 Å². The van der Waals surface area contributed by atoms with Gasteiger partial charge in [0.25, 0.3) is 0 Å². The summed E-state index contributed by atoms with van der Waals surface area (Å²) in [5.41, 5.74) is 1.87. The summed E-state index contributed by atoms with van der Waals surface area (Å²) in [7, 11) is 0. The maximum absolute atomic E-state index is 11.9. The molecule has 1 aromatic carbocycles. The van der Waals surface area contributed by atoms with E-state index in [4.69, 9.17) is 11.6 Å². The van der Waals surface area contributed by atoms with Gasteiger partial charge in [0.2, 0.25) is 0 Å². The van der Waals surface area contributed by atoms with Crippen LogP contribution >= 0.6 is 11.6 Å². The highest BCUT2D eigenvalue weighted by molar-refractivity contribution is 6.30. The molecule has 2 heterocycles. The van der Waals surface area contributed by atoms with E-state index < -0.39 is 0 Å². The van der Waals surface area contributed by atoms with Crippen molar-refractivity contribution >= 4 is 23.4 Å². The summed E-state index contributed by atoms with van der Waals surface area (Å²) in [5, 5.41) is 10.4. The first-order valence-corrected chi connectivity index (χ1v) is 7.79. The van der Waals surface area contributed by atoms with Crippen molar-refractivity contribution in [2.75, 3.05) is 5.32 Å². The molecule has 7 heteroatoms. The number of hydrogen-bond donors (Lipinski definition) is 2. The molecule has 0 fully saturated rings. The van der Waals surface area contributed by atoms with Crippen LogP contribution in [0.5, 0.6) is 0 Å². The lowest BCUT2D eigenvalue weighted by atomic mass is 10.2. The SMILES string of the molecule is O=C(NCc1ccc(Cl)cc1)Nc1ccn(Cc2ccccn2)n1. The second-order valence-electron chi connectivity index (χ2n) is 5.15. The molecule has 6 nitrogen and oxygen atoms in total. The molecule has 122 valence electrons. The summed E-state index contributed by atoms with van der Waals surface area (Å²) in [5.74, 6) is 0.486. The third-order valence-corrected chi connectivity index (χ3v) is 3.55. The molecule has 0 unspecified atom stereocenters. The predicted octanol–water partition coefficient (Wildman–Crippen LogP) is 3.30. The van der Waals surface area contributed by atoms with E-state index in [0.717, 1.165) is 11.3 Å². The number of urea groups is 1. The highest BCUT2D eigenvalue weighted by atomic mass is 35.5. The molecule has 3 rings (SSSR count). The first-order chi connectivity index (χ1) is 11.7. The first kappa shape index (κ1) is 16.0. The fraction of sp³-hybridized carbons (Fsp3) is 0.118. The molecule has 2 amide bonds. The van der Waals surface area contributed by atoms with Crippen molar-refractivity contribution in [3.63, 3.8) is 0 Å². The van der Waals surface area contributed by atoms with Crippen molar-refractivity contribution in [1.82, 2.24) is 20.1 Å². The van der Waals surface area contributed by atoms with Crippen molar-refractivity contribution < 1.29 is 4.79 Å². The molecule has 2 N–H and O–H groups in total. The Bertz CT molecular complexity index is 801. The fourth-order valence-electron chi connectivity index (χ4n) is 2.12. The van der Waals surface area contributed by atoms with Gasteiger partial charge in [-0.25, -0.2) is 4.79 Å².